The van der Waals surface area contributed by atoms with Gasteiger partial charge in [-0.05, 0) is 30.0 Å². The minimum atomic E-state index is -0.377. The van der Waals surface area contributed by atoms with Crippen molar-refractivity contribution in [2.75, 3.05) is 20.8 Å². The average Bonchev–Trinajstić information content (AvgIpc) is 2.74. The number of methoxy groups -OCH3 is 2. The predicted octanol–water partition coefficient (Wildman–Crippen LogP) is 3.93. The van der Waals surface area contributed by atoms with Gasteiger partial charge in [0.05, 0.1) is 27.2 Å². The topological polar surface area (TPSA) is 73.9 Å². The lowest BCUT2D eigenvalue weighted by molar-refractivity contribution is -0.145. The molecule has 0 aliphatic rings. The number of ether oxygens (including phenoxy) is 3. The molecule has 7 heteroatoms. The maximum absolute atomic E-state index is 12.0. The SMILES string of the molecule is COc1cc(Cl)c(CNC(=O)CCC(=O)OCCCc2ccccc2)cc1OC. The lowest BCUT2D eigenvalue weighted by Crippen LogP contribution is -2.23. The molecule has 156 valence electrons. The maximum atomic E-state index is 12.0. The third-order valence-electron chi connectivity index (χ3n) is 4.30. The first kappa shape index (κ1) is 22.6. The number of hydrogen-bond donors (Lipinski definition) is 1. The second-order valence-electron chi connectivity index (χ2n) is 6.38. The Morgan fingerprint density at radius 2 is 1.69 bits per heavy atom. The van der Waals surface area contributed by atoms with E-state index in [1.165, 1.54) is 19.8 Å². The van der Waals surface area contributed by atoms with Crippen LogP contribution in [0.3, 0.4) is 0 Å². The van der Waals surface area contributed by atoms with Crippen LogP contribution in [-0.2, 0) is 27.3 Å². The molecule has 1 N–H and O–H groups in total. The summed E-state index contributed by atoms with van der Waals surface area (Å²) in [5.74, 6) is 0.414. The Bertz CT molecular complexity index is 810. The van der Waals surface area contributed by atoms with Gasteiger partial charge in [0.15, 0.2) is 11.5 Å². The van der Waals surface area contributed by atoms with Crippen molar-refractivity contribution in [3.05, 3.63) is 58.6 Å². The highest BCUT2D eigenvalue weighted by atomic mass is 35.5. The van der Waals surface area contributed by atoms with Gasteiger partial charge in [-0.25, -0.2) is 0 Å². The summed E-state index contributed by atoms with van der Waals surface area (Å²) in [5, 5.41) is 3.20. The highest BCUT2D eigenvalue weighted by Crippen LogP contribution is 2.32. The molecule has 1 amide bonds. The van der Waals surface area contributed by atoms with Crippen LogP contribution in [0.1, 0.15) is 30.4 Å². The van der Waals surface area contributed by atoms with Crippen LogP contribution in [0.2, 0.25) is 5.02 Å². The molecular weight excluding hydrogens is 394 g/mol. The fourth-order valence-electron chi connectivity index (χ4n) is 2.71. The largest absolute Gasteiger partial charge is 0.493 e. The molecule has 0 aliphatic heterocycles. The van der Waals surface area contributed by atoms with Gasteiger partial charge in [-0.2, -0.15) is 0 Å². The van der Waals surface area contributed by atoms with Crippen LogP contribution in [0.15, 0.2) is 42.5 Å². The minimum absolute atomic E-state index is 0.0385. The lowest BCUT2D eigenvalue weighted by atomic mass is 10.1. The monoisotopic (exact) mass is 419 g/mol. The van der Waals surface area contributed by atoms with E-state index in [4.69, 9.17) is 25.8 Å². The molecule has 0 fully saturated rings. The van der Waals surface area contributed by atoms with Crippen molar-refractivity contribution in [2.24, 2.45) is 0 Å². The fraction of sp³-hybridized carbons (Fsp3) is 0.364. The number of hydrogen-bond acceptors (Lipinski definition) is 5. The molecule has 29 heavy (non-hydrogen) atoms. The number of carbonyl (C=O) groups is 2. The molecule has 0 saturated carbocycles. The number of nitrogens with one attached hydrogen (secondary N) is 1. The third kappa shape index (κ3) is 7.66. The highest BCUT2D eigenvalue weighted by molar-refractivity contribution is 6.31. The van der Waals surface area contributed by atoms with Gasteiger partial charge in [-0.15, -0.1) is 0 Å². The number of halogens is 1. The van der Waals surface area contributed by atoms with Crippen LogP contribution in [0.25, 0.3) is 0 Å². The zero-order valence-corrected chi connectivity index (χ0v) is 17.5. The number of esters is 1. The lowest BCUT2D eigenvalue weighted by Gasteiger charge is -2.12. The van der Waals surface area contributed by atoms with Crippen molar-refractivity contribution >= 4 is 23.5 Å². The molecule has 0 spiro atoms. The van der Waals surface area contributed by atoms with E-state index in [9.17, 15) is 9.59 Å². The first-order valence-corrected chi connectivity index (χ1v) is 9.78. The standard InChI is InChI=1S/C22H26ClNO5/c1-27-19-13-17(18(23)14-20(19)28-2)15-24-21(25)10-11-22(26)29-12-6-9-16-7-4-3-5-8-16/h3-5,7-8,13-14H,6,9-12,15H2,1-2H3,(H,24,25). The van der Waals surface area contributed by atoms with Crippen molar-refractivity contribution in [3.63, 3.8) is 0 Å². The molecule has 0 saturated heterocycles. The maximum Gasteiger partial charge on any atom is 0.306 e. The number of carbonyl (C=O) groups excluding carboxylic acids is 2. The zero-order valence-electron chi connectivity index (χ0n) is 16.7. The Morgan fingerprint density at radius 3 is 2.38 bits per heavy atom. The van der Waals surface area contributed by atoms with Gasteiger partial charge in [0.25, 0.3) is 0 Å². The van der Waals surface area contributed by atoms with Crippen LogP contribution in [0.5, 0.6) is 11.5 Å². The number of aryl methyl sites for hydroxylation is 1. The van der Waals surface area contributed by atoms with Crippen molar-refractivity contribution in [2.45, 2.75) is 32.2 Å². The van der Waals surface area contributed by atoms with Crippen molar-refractivity contribution in [1.82, 2.24) is 5.32 Å². The molecule has 2 rings (SSSR count). The number of amides is 1. The van der Waals surface area contributed by atoms with Crippen molar-refractivity contribution in [3.8, 4) is 11.5 Å². The van der Waals surface area contributed by atoms with Crippen molar-refractivity contribution in [1.29, 1.82) is 0 Å². The summed E-state index contributed by atoms with van der Waals surface area (Å²) in [5.41, 5.74) is 1.90. The van der Waals surface area contributed by atoms with E-state index >= 15 is 0 Å². The van der Waals surface area contributed by atoms with E-state index in [-0.39, 0.29) is 31.3 Å². The summed E-state index contributed by atoms with van der Waals surface area (Å²) in [6.07, 6.45) is 1.69. The first-order chi connectivity index (χ1) is 14.0. The Morgan fingerprint density at radius 1 is 1.00 bits per heavy atom. The van der Waals surface area contributed by atoms with Crippen LogP contribution in [-0.4, -0.2) is 32.7 Å². The zero-order chi connectivity index (χ0) is 21.1. The normalized spacial score (nSPS) is 10.3. The molecule has 0 heterocycles. The van der Waals surface area contributed by atoms with Gasteiger partial charge in [0.2, 0.25) is 5.91 Å². The summed E-state index contributed by atoms with van der Waals surface area (Å²) in [6, 6.07) is 13.3. The molecule has 0 radical (unpaired) electrons. The van der Waals surface area contributed by atoms with Crippen LogP contribution >= 0.6 is 11.6 Å². The van der Waals surface area contributed by atoms with Crippen LogP contribution < -0.4 is 14.8 Å². The molecule has 0 aromatic heterocycles. The first-order valence-electron chi connectivity index (χ1n) is 9.40. The Hall–Kier alpha value is -2.73. The van der Waals surface area contributed by atoms with Gasteiger partial charge < -0.3 is 19.5 Å². The number of benzene rings is 2. The summed E-state index contributed by atoms with van der Waals surface area (Å²) in [7, 11) is 3.05. The van der Waals surface area contributed by atoms with Gasteiger partial charge in [0, 0.05) is 24.1 Å². The van der Waals surface area contributed by atoms with E-state index in [1.807, 2.05) is 30.3 Å². The molecule has 2 aromatic carbocycles. The minimum Gasteiger partial charge on any atom is -0.493 e. The highest BCUT2D eigenvalue weighted by Gasteiger charge is 2.12. The van der Waals surface area contributed by atoms with E-state index < -0.39 is 0 Å². The van der Waals surface area contributed by atoms with E-state index in [2.05, 4.69) is 5.32 Å². The summed E-state index contributed by atoms with van der Waals surface area (Å²) in [6.45, 7) is 0.570. The second-order valence-corrected chi connectivity index (χ2v) is 6.79. The molecule has 0 bridgehead atoms. The molecular formula is C22H26ClNO5. The Balaban J connectivity index is 1.67. The van der Waals surface area contributed by atoms with Crippen molar-refractivity contribution < 1.29 is 23.8 Å². The fourth-order valence-corrected chi connectivity index (χ4v) is 2.93. The molecule has 0 atom stereocenters. The average molecular weight is 420 g/mol. The third-order valence-corrected chi connectivity index (χ3v) is 4.65. The van der Waals surface area contributed by atoms with E-state index in [1.54, 1.807) is 12.1 Å². The molecule has 0 aliphatic carbocycles. The van der Waals surface area contributed by atoms with Gasteiger partial charge in [-0.1, -0.05) is 41.9 Å². The summed E-state index contributed by atoms with van der Waals surface area (Å²) in [4.78, 5) is 23.8. The van der Waals surface area contributed by atoms with Crippen LogP contribution in [0.4, 0.5) is 0 Å². The quantitative estimate of drug-likeness (QED) is 0.441. The van der Waals surface area contributed by atoms with Gasteiger partial charge in [0.1, 0.15) is 0 Å². The molecule has 6 nitrogen and oxygen atoms in total. The Kier molecular flexibility index (Phi) is 9.31. The Labute approximate surface area is 176 Å². The smallest absolute Gasteiger partial charge is 0.306 e. The summed E-state index contributed by atoms with van der Waals surface area (Å²) >= 11 is 6.20. The molecule has 0 unspecified atom stereocenters. The predicted molar refractivity (Wildman–Crippen MR) is 111 cm³/mol. The van der Waals surface area contributed by atoms with E-state index in [0.29, 0.717) is 28.7 Å². The van der Waals surface area contributed by atoms with Crippen LogP contribution in [0, 0.1) is 0 Å². The van der Waals surface area contributed by atoms with E-state index in [0.717, 1.165) is 12.8 Å². The second kappa shape index (κ2) is 12.0. The summed E-state index contributed by atoms with van der Waals surface area (Å²) < 4.78 is 15.6. The van der Waals surface area contributed by atoms with Gasteiger partial charge in [-0.3, -0.25) is 9.59 Å². The van der Waals surface area contributed by atoms with Gasteiger partial charge >= 0.3 is 5.97 Å². The molecule has 2 aromatic rings. The number of rotatable bonds is 11.